The van der Waals surface area contributed by atoms with Crippen LogP contribution in [0.3, 0.4) is 0 Å². The van der Waals surface area contributed by atoms with Gasteiger partial charge in [-0.3, -0.25) is 24.6 Å². The van der Waals surface area contributed by atoms with E-state index >= 15 is 0 Å². The van der Waals surface area contributed by atoms with Gasteiger partial charge in [0.15, 0.2) is 5.96 Å². The van der Waals surface area contributed by atoms with Gasteiger partial charge in [-0.05, 0) is 60.7 Å². The molecule has 7 N–H and O–H groups in total. The third kappa shape index (κ3) is 7.71. The first kappa shape index (κ1) is 31.5. The van der Waals surface area contributed by atoms with Gasteiger partial charge >= 0.3 is 5.97 Å². The average molecular weight is 601 g/mol. The minimum Gasteiger partial charge on any atom is -0.494 e. The molecule has 3 aromatic carbocycles. The van der Waals surface area contributed by atoms with Crippen molar-refractivity contribution < 1.29 is 29.0 Å². The molecule has 0 bridgehead atoms. The molecule has 0 radical (unpaired) electrons. The topological polar surface area (TPSA) is 187 Å². The third-order valence-corrected chi connectivity index (χ3v) is 7.22. The number of nitrogens with two attached hydrogens (primary N) is 1. The first-order chi connectivity index (χ1) is 21.2. The summed E-state index contributed by atoms with van der Waals surface area (Å²) in [7, 11) is 0. The summed E-state index contributed by atoms with van der Waals surface area (Å²) in [5.41, 5.74) is 8.00. The predicted octanol–water partition coefficient (Wildman–Crippen LogP) is 2.64. The van der Waals surface area contributed by atoms with Gasteiger partial charge in [-0.1, -0.05) is 48.5 Å². The van der Waals surface area contributed by atoms with Crippen LogP contribution < -0.4 is 26.4 Å². The Kier molecular flexibility index (Phi) is 10.5. The normalized spacial score (nSPS) is 14.1. The Bertz CT molecular complexity index is 1530. The van der Waals surface area contributed by atoms with Crippen LogP contribution in [0.2, 0.25) is 0 Å². The summed E-state index contributed by atoms with van der Waals surface area (Å²) >= 11 is 0. The van der Waals surface area contributed by atoms with E-state index in [1.165, 1.54) is 4.90 Å². The number of guanidine groups is 1. The molecule has 44 heavy (non-hydrogen) atoms. The monoisotopic (exact) mass is 600 g/mol. The fourth-order valence-electron chi connectivity index (χ4n) is 5.23. The second kappa shape index (κ2) is 14.7. The van der Waals surface area contributed by atoms with Crippen molar-refractivity contribution in [2.75, 3.05) is 25.0 Å². The largest absolute Gasteiger partial charge is 0.494 e. The molecule has 2 atom stereocenters. The number of anilines is 1. The molecule has 0 spiro atoms. The van der Waals surface area contributed by atoms with E-state index in [0.717, 1.165) is 0 Å². The molecule has 0 saturated carbocycles. The van der Waals surface area contributed by atoms with Crippen LogP contribution in [0.5, 0.6) is 5.75 Å². The summed E-state index contributed by atoms with van der Waals surface area (Å²) in [4.78, 5) is 54.5. The van der Waals surface area contributed by atoms with Crippen LogP contribution in [-0.2, 0) is 20.9 Å². The van der Waals surface area contributed by atoms with Gasteiger partial charge in [0.2, 0.25) is 11.8 Å². The fraction of sp³-hybridized carbons (Fsp3) is 0.281. The molecule has 1 heterocycles. The molecular formula is C32H36N6O6. The number of benzene rings is 3. The number of rotatable bonds is 13. The first-order valence-electron chi connectivity index (χ1n) is 14.3. The number of para-hydroxylation sites is 1. The zero-order valence-electron chi connectivity index (χ0n) is 24.3. The fourth-order valence-corrected chi connectivity index (χ4v) is 5.23. The maximum absolute atomic E-state index is 14.9. The molecule has 1 aliphatic rings. The number of hydrogen-bond donors (Lipinski definition) is 6. The lowest BCUT2D eigenvalue weighted by atomic mass is 9.86. The number of fused-ring (bicyclic) bond motifs is 2. The average Bonchev–Trinajstić information content (AvgIpc) is 3.13. The quantitative estimate of drug-likeness (QED) is 0.0981. The second-order valence-corrected chi connectivity index (χ2v) is 10.2. The third-order valence-electron chi connectivity index (χ3n) is 7.22. The molecule has 0 saturated heterocycles. The van der Waals surface area contributed by atoms with Crippen LogP contribution >= 0.6 is 0 Å². The molecule has 3 amide bonds. The Labute approximate surface area is 255 Å². The molecule has 0 fully saturated rings. The lowest BCUT2D eigenvalue weighted by Gasteiger charge is -2.34. The van der Waals surface area contributed by atoms with Crippen molar-refractivity contribution in [3.8, 4) is 5.75 Å². The molecule has 1 aliphatic heterocycles. The molecule has 12 heteroatoms. The highest BCUT2D eigenvalue weighted by molar-refractivity contribution is 6.09. The minimum atomic E-state index is -1.23. The van der Waals surface area contributed by atoms with Crippen molar-refractivity contribution in [3.05, 3.63) is 95.1 Å². The molecule has 230 valence electrons. The second-order valence-electron chi connectivity index (χ2n) is 10.2. The van der Waals surface area contributed by atoms with Gasteiger partial charge in [0.1, 0.15) is 18.3 Å². The molecule has 4 rings (SSSR count). The van der Waals surface area contributed by atoms with Crippen molar-refractivity contribution in [3.63, 3.8) is 0 Å². The molecule has 3 aromatic rings. The van der Waals surface area contributed by atoms with Crippen LogP contribution in [0.15, 0.2) is 72.8 Å². The SMILES string of the molecule is CCOc1ccc(CN(C(=O)C2c3ccccc3NC(=O)c3ccccc32)[C@H](CCCNC(=N)N)C(=O)NCC(=O)O)cc1. The highest BCUT2D eigenvalue weighted by atomic mass is 16.5. The van der Waals surface area contributed by atoms with Crippen LogP contribution in [0, 0.1) is 5.41 Å². The highest BCUT2D eigenvalue weighted by Crippen LogP contribution is 2.38. The maximum atomic E-state index is 14.9. The van der Waals surface area contributed by atoms with Crippen molar-refractivity contribution in [2.24, 2.45) is 5.73 Å². The van der Waals surface area contributed by atoms with E-state index in [9.17, 15) is 24.3 Å². The Balaban J connectivity index is 1.81. The number of ether oxygens (including phenoxy) is 1. The molecule has 0 aromatic heterocycles. The first-order valence-corrected chi connectivity index (χ1v) is 14.3. The summed E-state index contributed by atoms with van der Waals surface area (Å²) in [5, 5.41) is 24.7. The number of carboxylic acid groups (broad SMARTS) is 1. The zero-order chi connectivity index (χ0) is 31.6. The number of nitrogens with one attached hydrogen (secondary N) is 4. The van der Waals surface area contributed by atoms with E-state index in [-0.39, 0.29) is 31.4 Å². The van der Waals surface area contributed by atoms with Gasteiger partial charge in [0.05, 0.1) is 12.5 Å². The summed E-state index contributed by atoms with van der Waals surface area (Å²) < 4.78 is 5.56. The van der Waals surface area contributed by atoms with E-state index in [1.54, 1.807) is 72.8 Å². The van der Waals surface area contributed by atoms with E-state index < -0.39 is 36.3 Å². The van der Waals surface area contributed by atoms with Gasteiger partial charge in [-0.15, -0.1) is 0 Å². The zero-order valence-corrected chi connectivity index (χ0v) is 24.3. The molecular weight excluding hydrogens is 564 g/mol. The van der Waals surface area contributed by atoms with E-state index in [0.29, 0.717) is 46.7 Å². The summed E-state index contributed by atoms with van der Waals surface area (Å²) in [6, 6.07) is 19.9. The Morgan fingerprint density at radius 3 is 2.39 bits per heavy atom. The van der Waals surface area contributed by atoms with E-state index in [2.05, 4.69) is 16.0 Å². The van der Waals surface area contributed by atoms with Crippen molar-refractivity contribution in [1.82, 2.24) is 15.5 Å². The van der Waals surface area contributed by atoms with Crippen LogP contribution in [-0.4, -0.2) is 65.4 Å². The smallest absolute Gasteiger partial charge is 0.322 e. The number of carboxylic acids is 1. The number of carbonyl (C=O) groups excluding carboxylic acids is 3. The Morgan fingerprint density at radius 2 is 1.70 bits per heavy atom. The minimum absolute atomic E-state index is 0.0126. The van der Waals surface area contributed by atoms with Gasteiger partial charge in [-0.25, -0.2) is 0 Å². The van der Waals surface area contributed by atoms with Crippen LogP contribution in [0.25, 0.3) is 0 Å². The lowest BCUT2D eigenvalue weighted by Crippen LogP contribution is -2.51. The Morgan fingerprint density at radius 1 is 1.02 bits per heavy atom. The predicted molar refractivity (Wildman–Crippen MR) is 164 cm³/mol. The Hall–Kier alpha value is -5.39. The molecule has 12 nitrogen and oxygen atoms in total. The highest BCUT2D eigenvalue weighted by Gasteiger charge is 2.39. The van der Waals surface area contributed by atoms with Gasteiger partial charge in [0.25, 0.3) is 5.91 Å². The number of amides is 3. The maximum Gasteiger partial charge on any atom is 0.322 e. The number of aliphatic carboxylic acids is 1. The van der Waals surface area contributed by atoms with E-state index in [4.69, 9.17) is 15.9 Å². The van der Waals surface area contributed by atoms with Crippen molar-refractivity contribution in [2.45, 2.75) is 38.3 Å². The van der Waals surface area contributed by atoms with Crippen LogP contribution in [0.1, 0.15) is 52.7 Å². The number of nitrogens with zero attached hydrogens (tertiary/aromatic N) is 1. The summed E-state index contributed by atoms with van der Waals surface area (Å²) in [6.45, 7) is 2.00. The molecule has 0 aliphatic carbocycles. The standard InChI is InChI=1S/C32H36N6O6/c1-2-44-21-15-13-20(14-16-21)19-38(26(12-7-17-35-32(33)34)30(42)36-18-27(39)40)31(43)28-22-8-3-4-9-23(22)29(41)37-25-11-6-5-10-24(25)28/h3-6,8-11,13-16,26,28H,2,7,12,17-19H2,1H3,(H,36,42)(H,37,41)(H,39,40)(H4,33,34,35)/t26-,28?/m1/s1. The molecule has 1 unspecified atom stereocenters. The lowest BCUT2D eigenvalue weighted by molar-refractivity contribution is -0.143. The number of hydrogen-bond acceptors (Lipinski definition) is 6. The number of carbonyl (C=O) groups is 4. The van der Waals surface area contributed by atoms with Gasteiger partial charge in [-0.2, -0.15) is 0 Å². The summed E-state index contributed by atoms with van der Waals surface area (Å²) in [6.07, 6.45) is 0.484. The van der Waals surface area contributed by atoms with Crippen LogP contribution in [0.4, 0.5) is 5.69 Å². The summed E-state index contributed by atoms with van der Waals surface area (Å²) in [5.74, 6) is -3.19. The van der Waals surface area contributed by atoms with Crippen molar-refractivity contribution >= 4 is 35.3 Å². The van der Waals surface area contributed by atoms with Gasteiger partial charge in [0, 0.05) is 24.3 Å². The van der Waals surface area contributed by atoms with Crippen molar-refractivity contribution in [1.29, 1.82) is 5.41 Å². The van der Waals surface area contributed by atoms with E-state index in [1.807, 2.05) is 6.92 Å². The van der Waals surface area contributed by atoms with Gasteiger partial charge < -0.3 is 36.4 Å².